The number of hydrogen-bond acceptors (Lipinski definition) is 6. The molecular weight excluding hydrogens is 368 g/mol. The van der Waals surface area contributed by atoms with Crippen molar-refractivity contribution in [1.82, 2.24) is 20.0 Å². The zero-order valence-electron chi connectivity index (χ0n) is 17.9. The smallest absolute Gasteiger partial charge is 0.230 e. The van der Waals surface area contributed by atoms with Crippen LogP contribution in [-0.4, -0.2) is 64.8 Å². The second kappa shape index (κ2) is 10.0. The van der Waals surface area contributed by atoms with Crippen molar-refractivity contribution in [3.05, 3.63) is 11.8 Å². The highest BCUT2D eigenvalue weighted by Gasteiger charge is 2.36. The van der Waals surface area contributed by atoms with Gasteiger partial charge in [0.2, 0.25) is 17.7 Å². The van der Waals surface area contributed by atoms with Gasteiger partial charge in [-0.2, -0.15) is 0 Å². The van der Waals surface area contributed by atoms with Crippen molar-refractivity contribution in [2.45, 2.75) is 77.3 Å². The van der Waals surface area contributed by atoms with Crippen LogP contribution in [0.4, 0.5) is 0 Å². The molecule has 0 saturated carbocycles. The molecule has 4 heterocycles. The summed E-state index contributed by atoms with van der Waals surface area (Å²) in [5.41, 5.74) is 0. The average molecular weight is 405 g/mol. The Hall–Kier alpha value is -1.47. The van der Waals surface area contributed by atoms with Gasteiger partial charge in [-0.1, -0.05) is 19.8 Å². The number of carbonyl (C=O) groups is 1. The maximum Gasteiger partial charge on any atom is 0.230 e. The monoisotopic (exact) mass is 404 g/mol. The predicted molar refractivity (Wildman–Crippen MR) is 109 cm³/mol. The summed E-state index contributed by atoms with van der Waals surface area (Å²) >= 11 is 0. The number of rotatable bonds is 5. The summed E-state index contributed by atoms with van der Waals surface area (Å²) in [4.78, 5) is 18.0. The van der Waals surface area contributed by atoms with Gasteiger partial charge in [0.1, 0.15) is 0 Å². The topological polar surface area (TPSA) is 71.7 Å². The Labute approximate surface area is 174 Å². The second-order valence-electron chi connectivity index (χ2n) is 8.89. The third-order valence-electron chi connectivity index (χ3n) is 7.00. The molecule has 3 fully saturated rings. The largest absolute Gasteiger partial charge is 0.424 e. The molecule has 4 rings (SSSR count). The minimum atomic E-state index is 0.176. The third kappa shape index (κ3) is 5.18. The number of nitrogens with zero attached hydrogens (tertiary/aromatic N) is 4. The summed E-state index contributed by atoms with van der Waals surface area (Å²) in [5.74, 6) is 2.64. The first-order valence-corrected chi connectivity index (χ1v) is 11.7. The van der Waals surface area contributed by atoms with Gasteiger partial charge in [-0.05, 0) is 57.5 Å². The number of aryl methyl sites for hydroxylation is 1. The Kier molecular flexibility index (Phi) is 7.19. The summed E-state index contributed by atoms with van der Waals surface area (Å²) in [6, 6.07) is 0.421. The molecule has 1 unspecified atom stereocenters. The molecule has 0 radical (unpaired) electrons. The first kappa shape index (κ1) is 20.8. The van der Waals surface area contributed by atoms with Crippen LogP contribution in [0.15, 0.2) is 4.42 Å². The van der Waals surface area contributed by atoms with E-state index in [1.807, 2.05) is 6.92 Å². The van der Waals surface area contributed by atoms with Crippen LogP contribution in [0, 0.1) is 11.8 Å². The Morgan fingerprint density at radius 1 is 0.966 bits per heavy atom. The normalized spacial score (nSPS) is 25.8. The van der Waals surface area contributed by atoms with E-state index in [4.69, 9.17) is 9.15 Å². The van der Waals surface area contributed by atoms with Crippen LogP contribution in [0.5, 0.6) is 0 Å². The van der Waals surface area contributed by atoms with E-state index in [2.05, 4.69) is 20.0 Å². The van der Waals surface area contributed by atoms with Crippen molar-refractivity contribution in [2.75, 3.05) is 32.8 Å². The lowest BCUT2D eigenvalue weighted by Gasteiger charge is -2.42. The van der Waals surface area contributed by atoms with Crippen molar-refractivity contribution in [2.24, 2.45) is 11.8 Å². The highest BCUT2D eigenvalue weighted by molar-refractivity contribution is 5.79. The Balaban J connectivity index is 1.35. The van der Waals surface area contributed by atoms with Gasteiger partial charge in [-0.25, -0.2) is 0 Å². The lowest BCUT2D eigenvalue weighted by molar-refractivity contribution is -0.142. The molecule has 7 nitrogen and oxygen atoms in total. The van der Waals surface area contributed by atoms with Gasteiger partial charge in [0.05, 0.1) is 6.54 Å². The molecule has 7 heteroatoms. The minimum absolute atomic E-state index is 0.176. The fraction of sp³-hybridized carbons (Fsp3) is 0.864. The van der Waals surface area contributed by atoms with Gasteiger partial charge in [-0.15, -0.1) is 10.2 Å². The molecule has 1 amide bonds. The molecule has 3 saturated heterocycles. The molecule has 0 spiro atoms. The summed E-state index contributed by atoms with van der Waals surface area (Å²) < 4.78 is 11.2. The maximum absolute atomic E-state index is 13.3. The second-order valence-corrected chi connectivity index (χ2v) is 8.89. The van der Waals surface area contributed by atoms with Gasteiger partial charge >= 0.3 is 0 Å². The van der Waals surface area contributed by atoms with E-state index >= 15 is 0 Å². The Morgan fingerprint density at radius 3 is 2.45 bits per heavy atom. The van der Waals surface area contributed by atoms with Crippen LogP contribution in [-0.2, 0) is 22.5 Å². The predicted octanol–water partition coefficient (Wildman–Crippen LogP) is 3.04. The van der Waals surface area contributed by atoms with Crippen LogP contribution in [0.25, 0.3) is 0 Å². The summed E-state index contributed by atoms with van der Waals surface area (Å²) in [6.07, 6.45) is 9.70. The van der Waals surface area contributed by atoms with Crippen LogP contribution >= 0.6 is 0 Å². The Morgan fingerprint density at radius 2 is 1.72 bits per heavy atom. The molecule has 29 heavy (non-hydrogen) atoms. The lowest BCUT2D eigenvalue weighted by Crippen LogP contribution is -2.50. The van der Waals surface area contributed by atoms with Crippen LogP contribution in [0.3, 0.4) is 0 Å². The van der Waals surface area contributed by atoms with E-state index in [0.717, 1.165) is 89.7 Å². The molecule has 1 atom stereocenters. The van der Waals surface area contributed by atoms with E-state index in [9.17, 15) is 4.79 Å². The highest BCUT2D eigenvalue weighted by atomic mass is 16.5. The molecule has 0 aromatic carbocycles. The highest BCUT2D eigenvalue weighted by Crippen LogP contribution is 2.32. The maximum atomic E-state index is 13.3. The molecule has 162 valence electrons. The zero-order chi connectivity index (χ0) is 20.1. The van der Waals surface area contributed by atoms with Crippen molar-refractivity contribution >= 4 is 5.91 Å². The number of likely N-dealkylation sites (tertiary alicyclic amines) is 2. The number of carbonyl (C=O) groups excluding carboxylic acids is 1. The third-order valence-corrected chi connectivity index (χ3v) is 7.00. The fourth-order valence-corrected chi connectivity index (χ4v) is 5.26. The van der Waals surface area contributed by atoms with Crippen molar-refractivity contribution in [3.63, 3.8) is 0 Å². The first-order valence-electron chi connectivity index (χ1n) is 11.7. The zero-order valence-corrected chi connectivity index (χ0v) is 17.9. The quantitative estimate of drug-likeness (QED) is 0.751. The van der Waals surface area contributed by atoms with E-state index in [1.165, 1.54) is 19.3 Å². The van der Waals surface area contributed by atoms with Crippen LogP contribution < -0.4 is 0 Å². The SMILES string of the molecule is CCc1nnc(CN2CCC(C3CCCCCN3C(=O)C3CCOCC3)CC2)o1. The van der Waals surface area contributed by atoms with E-state index in [-0.39, 0.29) is 5.92 Å². The summed E-state index contributed by atoms with van der Waals surface area (Å²) in [5, 5.41) is 8.24. The van der Waals surface area contributed by atoms with Gasteiger partial charge in [0, 0.05) is 38.1 Å². The number of piperidine rings is 1. The molecule has 0 aliphatic carbocycles. The molecular formula is C22H36N4O3. The van der Waals surface area contributed by atoms with E-state index < -0.39 is 0 Å². The summed E-state index contributed by atoms with van der Waals surface area (Å²) in [7, 11) is 0. The molecule has 0 N–H and O–H groups in total. The summed E-state index contributed by atoms with van der Waals surface area (Å²) in [6.45, 7) is 7.29. The molecule has 1 aromatic rings. The number of amides is 1. The number of hydrogen-bond donors (Lipinski definition) is 0. The van der Waals surface area contributed by atoms with E-state index in [0.29, 0.717) is 17.9 Å². The molecule has 3 aliphatic heterocycles. The molecule has 0 bridgehead atoms. The number of aromatic nitrogens is 2. The van der Waals surface area contributed by atoms with E-state index in [1.54, 1.807) is 0 Å². The minimum Gasteiger partial charge on any atom is -0.424 e. The van der Waals surface area contributed by atoms with Gasteiger partial charge in [-0.3, -0.25) is 9.69 Å². The van der Waals surface area contributed by atoms with Gasteiger partial charge in [0.15, 0.2) is 0 Å². The Bertz CT molecular complexity index is 650. The fourth-order valence-electron chi connectivity index (χ4n) is 5.26. The van der Waals surface area contributed by atoms with Gasteiger partial charge < -0.3 is 14.1 Å². The standard InChI is InChI=1S/C22H36N4O3/c1-2-20-23-24-21(29-20)16-25-12-7-17(8-13-25)19-6-4-3-5-11-26(19)22(27)18-9-14-28-15-10-18/h17-19H,2-16H2,1H3. The van der Waals surface area contributed by atoms with Crippen LogP contribution in [0.1, 0.15) is 70.1 Å². The average Bonchev–Trinajstić information content (AvgIpc) is 3.08. The molecule has 1 aromatic heterocycles. The number of ether oxygens (including phenoxy) is 1. The van der Waals surface area contributed by atoms with Crippen molar-refractivity contribution in [1.29, 1.82) is 0 Å². The van der Waals surface area contributed by atoms with Crippen molar-refractivity contribution in [3.8, 4) is 0 Å². The van der Waals surface area contributed by atoms with Crippen LogP contribution in [0.2, 0.25) is 0 Å². The molecule has 3 aliphatic rings. The van der Waals surface area contributed by atoms with Crippen molar-refractivity contribution < 1.29 is 13.9 Å². The lowest BCUT2D eigenvalue weighted by atomic mass is 9.85. The van der Waals surface area contributed by atoms with Gasteiger partial charge in [0.25, 0.3) is 0 Å². The first-order chi connectivity index (χ1) is 14.2.